The molecule has 1 unspecified atom stereocenters. The van der Waals surface area contributed by atoms with Crippen molar-refractivity contribution in [3.8, 4) is 0 Å². The molecule has 0 aliphatic heterocycles. The van der Waals surface area contributed by atoms with Crippen LogP contribution in [0.1, 0.15) is 17.3 Å². The van der Waals surface area contributed by atoms with Crippen molar-refractivity contribution in [1.29, 1.82) is 0 Å². The Hall–Kier alpha value is -1.35. The SMILES string of the molecule is CC(NC(=O)c1ccccc1)C(=O)CCl. The molecule has 1 aromatic carbocycles. The van der Waals surface area contributed by atoms with Crippen molar-refractivity contribution in [2.45, 2.75) is 13.0 Å². The number of nitrogens with one attached hydrogen (secondary N) is 1. The highest BCUT2D eigenvalue weighted by atomic mass is 35.5. The number of halogens is 1. The molecule has 0 aromatic heterocycles. The number of amides is 1. The van der Waals surface area contributed by atoms with E-state index in [1.54, 1.807) is 31.2 Å². The lowest BCUT2D eigenvalue weighted by molar-refractivity contribution is -0.118. The molecule has 0 spiro atoms. The highest BCUT2D eigenvalue weighted by Gasteiger charge is 2.14. The smallest absolute Gasteiger partial charge is 0.251 e. The summed E-state index contributed by atoms with van der Waals surface area (Å²) >= 11 is 5.38. The van der Waals surface area contributed by atoms with Gasteiger partial charge in [0.05, 0.1) is 11.9 Å². The molecule has 1 atom stereocenters. The number of rotatable bonds is 4. The Morgan fingerprint density at radius 3 is 2.47 bits per heavy atom. The lowest BCUT2D eigenvalue weighted by Gasteiger charge is -2.10. The van der Waals surface area contributed by atoms with Gasteiger partial charge in [-0.2, -0.15) is 0 Å². The quantitative estimate of drug-likeness (QED) is 0.792. The summed E-state index contributed by atoms with van der Waals surface area (Å²) in [5.74, 6) is -0.543. The molecule has 0 bridgehead atoms. The van der Waals surface area contributed by atoms with Crippen LogP contribution in [0.4, 0.5) is 0 Å². The van der Waals surface area contributed by atoms with Crippen LogP contribution in [0.3, 0.4) is 0 Å². The number of hydrogen-bond acceptors (Lipinski definition) is 2. The van der Waals surface area contributed by atoms with Gasteiger partial charge in [-0.15, -0.1) is 11.6 Å². The molecule has 15 heavy (non-hydrogen) atoms. The number of Topliss-reactive ketones (excluding diaryl/α,β-unsaturated/α-hetero) is 1. The van der Waals surface area contributed by atoms with Gasteiger partial charge in [0, 0.05) is 5.56 Å². The zero-order valence-electron chi connectivity index (χ0n) is 8.37. The van der Waals surface area contributed by atoms with Crippen LogP contribution in [0.2, 0.25) is 0 Å². The average molecular weight is 226 g/mol. The molecule has 80 valence electrons. The van der Waals surface area contributed by atoms with E-state index in [1.807, 2.05) is 6.07 Å². The second kappa shape index (κ2) is 5.51. The van der Waals surface area contributed by atoms with Gasteiger partial charge >= 0.3 is 0 Å². The van der Waals surface area contributed by atoms with E-state index in [1.165, 1.54) is 0 Å². The maximum atomic E-state index is 11.6. The van der Waals surface area contributed by atoms with Crippen molar-refractivity contribution in [3.05, 3.63) is 35.9 Å². The molecule has 0 saturated carbocycles. The summed E-state index contributed by atoms with van der Waals surface area (Å²) in [5.41, 5.74) is 0.534. The van der Waals surface area contributed by atoms with Crippen molar-refractivity contribution in [1.82, 2.24) is 5.32 Å². The fraction of sp³-hybridized carbons (Fsp3) is 0.273. The van der Waals surface area contributed by atoms with E-state index in [0.29, 0.717) is 5.56 Å². The van der Waals surface area contributed by atoms with E-state index in [-0.39, 0.29) is 17.6 Å². The predicted molar refractivity (Wildman–Crippen MR) is 59.1 cm³/mol. The molecule has 0 radical (unpaired) electrons. The van der Waals surface area contributed by atoms with E-state index >= 15 is 0 Å². The Morgan fingerprint density at radius 2 is 1.93 bits per heavy atom. The maximum Gasteiger partial charge on any atom is 0.251 e. The first-order valence-corrected chi connectivity index (χ1v) is 5.13. The van der Waals surface area contributed by atoms with Crippen molar-refractivity contribution < 1.29 is 9.59 Å². The minimum absolute atomic E-state index is 0.0871. The maximum absolute atomic E-state index is 11.6. The van der Waals surface area contributed by atoms with Crippen molar-refractivity contribution in [2.75, 3.05) is 5.88 Å². The largest absolute Gasteiger partial charge is 0.342 e. The molecule has 0 fully saturated rings. The number of benzene rings is 1. The van der Waals surface area contributed by atoms with Gasteiger partial charge in [0.25, 0.3) is 5.91 Å². The molecular formula is C11H12ClNO2. The number of alkyl halides is 1. The first-order valence-electron chi connectivity index (χ1n) is 4.59. The van der Waals surface area contributed by atoms with E-state index in [9.17, 15) is 9.59 Å². The first-order chi connectivity index (χ1) is 7.15. The molecule has 3 nitrogen and oxygen atoms in total. The van der Waals surface area contributed by atoms with Crippen LogP contribution in [0.5, 0.6) is 0 Å². The van der Waals surface area contributed by atoms with E-state index < -0.39 is 6.04 Å². The first kappa shape index (κ1) is 11.7. The Bertz CT molecular complexity index is 351. The van der Waals surface area contributed by atoms with Crippen LogP contribution in [-0.4, -0.2) is 23.6 Å². The van der Waals surface area contributed by atoms with Gasteiger partial charge in [-0.05, 0) is 19.1 Å². The topological polar surface area (TPSA) is 46.2 Å². The Balaban J connectivity index is 2.61. The second-order valence-corrected chi connectivity index (χ2v) is 3.43. The Labute approximate surface area is 93.4 Å². The molecule has 1 amide bonds. The monoisotopic (exact) mass is 225 g/mol. The standard InChI is InChI=1S/C11H12ClNO2/c1-8(10(14)7-12)13-11(15)9-5-3-2-4-6-9/h2-6,8H,7H2,1H3,(H,13,15). The van der Waals surface area contributed by atoms with Crippen molar-refractivity contribution in [2.24, 2.45) is 0 Å². The second-order valence-electron chi connectivity index (χ2n) is 3.16. The molecular weight excluding hydrogens is 214 g/mol. The summed E-state index contributed by atoms with van der Waals surface area (Å²) in [6.45, 7) is 1.62. The van der Waals surface area contributed by atoms with Crippen LogP contribution < -0.4 is 5.32 Å². The summed E-state index contributed by atoms with van der Waals surface area (Å²) < 4.78 is 0. The highest BCUT2D eigenvalue weighted by Crippen LogP contribution is 1.99. The van der Waals surface area contributed by atoms with Gasteiger partial charge in [0.2, 0.25) is 0 Å². The van der Waals surface area contributed by atoms with E-state index in [2.05, 4.69) is 5.32 Å². The highest BCUT2D eigenvalue weighted by molar-refractivity contribution is 6.28. The van der Waals surface area contributed by atoms with E-state index in [0.717, 1.165) is 0 Å². The number of hydrogen-bond donors (Lipinski definition) is 1. The Morgan fingerprint density at radius 1 is 1.33 bits per heavy atom. The van der Waals surface area contributed by atoms with Gasteiger partial charge < -0.3 is 5.32 Å². The van der Waals surface area contributed by atoms with Crippen LogP contribution in [0.25, 0.3) is 0 Å². The number of carbonyl (C=O) groups is 2. The zero-order valence-corrected chi connectivity index (χ0v) is 9.12. The molecule has 1 aromatic rings. The van der Waals surface area contributed by atoms with Crippen molar-refractivity contribution >= 4 is 23.3 Å². The molecule has 0 saturated heterocycles. The van der Waals surface area contributed by atoms with Crippen molar-refractivity contribution in [3.63, 3.8) is 0 Å². The lowest BCUT2D eigenvalue weighted by atomic mass is 10.2. The third-order valence-electron chi connectivity index (χ3n) is 2.00. The molecule has 0 heterocycles. The number of carbonyl (C=O) groups excluding carboxylic acids is 2. The average Bonchev–Trinajstić information content (AvgIpc) is 2.29. The van der Waals surface area contributed by atoms with Gasteiger partial charge in [0.1, 0.15) is 0 Å². The van der Waals surface area contributed by atoms with Gasteiger partial charge in [0.15, 0.2) is 5.78 Å². The van der Waals surface area contributed by atoms with Gasteiger partial charge in [-0.3, -0.25) is 9.59 Å². The molecule has 1 N–H and O–H groups in total. The third-order valence-corrected chi connectivity index (χ3v) is 2.26. The summed E-state index contributed by atoms with van der Waals surface area (Å²) in [6.07, 6.45) is 0. The molecule has 0 aliphatic rings. The van der Waals surface area contributed by atoms with Crippen LogP contribution in [-0.2, 0) is 4.79 Å². The summed E-state index contributed by atoms with van der Waals surface area (Å²) in [4.78, 5) is 22.7. The summed E-state index contributed by atoms with van der Waals surface area (Å²) in [6, 6.07) is 8.19. The fourth-order valence-corrected chi connectivity index (χ4v) is 1.30. The minimum Gasteiger partial charge on any atom is -0.342 e. The Kier molecular flexibility index (Phi) is 4.31. The normalized spacial score (nSPS) is 11.9. The summed E-state index contributed by atoms with van der Waals surface area (Å²) in [5, 5.41) is 2.57. The van der Waals surface area contributed by atoms with Gasteiger partial charge in [-0.1, -0.05) is 18.2 Å². The minimum atomic E-state index is -0.546. The number of ketones is 1. The predicted octanol–water partition coefficient (Wildman–Crippen LogP) is 1.61. The lowest BCUT2D eigenvalue weighted by Crippen LogP contribution is -2.39. The fourth-order valence-electron chi connectivity index (χ4n) is 1.07. The molecule has 0 aliphatic carbocycles. The molecule has 4 heteroatoms. The summed E-state index contributed by atoms with van der Waals surface area (Å²) in [7, 11) is 0. The van der Waals surface area contributed by atoms with E-state index in [4.69, 9.17) is 11.6 Å². The molecule has 1 rings (SSSR count). The van der Waals surface area contributed by atoms with Crippen LogP contribution >= 0.6 is 11.6 Å². The van der Waals surface area contributed by atoms with Gasteiger partial charge in [-0.25, -0.2) is 0 Å². The third kappa shape index (κ3) is 3.36. The zero-order chi connectivity index (χ0) is 11.3. The van der Waals surface area contributed by atoms with Crippen LogP contribution in [0.15, 0.2) is 30.3 Å². The van der Waals surface area contributed by atoms with Crippen LogP contribution in [0, 0.1) is 0 Å².